The molecule has 4 rings (SSSR count). The first-order chi connectivity index (χ1) is 14.1. The standard InChI is InChI=1S/C24H29N3O2/c1-17(2)18-10-12-20(13-11-18)29-15-5-14-27-22-7-4-3-6-21(22)26-23(27)16-25-24(28)19-8-9-19/h3-4,6-7,10-13,17,19H,5,8-9,14-16H2,1-2H3,(H,25,28). The summed E-state index contributed by atoms with van der Waals surface area (Å²) in [7, 11) is 0. The van der Waals surface area contributed by atoms with Crippen LogP contribution in [0, 0.1) is 5.92 Å². The Balaban J connectivity index is 1.37. The van der Waals surface area contributed by atoms with Gasteiger partial charge in [0.2, 0.25) is 5.91 Å². The predicted molar refractivity (Wildman–Crippen MR) is 115 cm³/mol. The molecule has 5 nitrogen and oxygen atoms in total. The van der Waals surface area contributed by atoms with Gasteiger partial charge in [-0.15, -0.1) is 0 Å². The second kappa shape index (κ2) is 8.68. The van der Waals surface area contributed by atoms with Crippen molar-refractivity contribution in [1.82, 2.24) is 14.9 Å². The van der Waals surface area contributed by atoms with Crippen molar-refractivity contribution in [2.45, 2.75) is 52.1 Å². The quantitative estimate of drug-likeness (QED) is 0.540. The van der Waals surface area contributed by atoms with Crippen LogP contribution in [-0.2, 0) is 17.9 Å². The number of rotatable bonds is 9. The summed E-state index contributed by atoms with van der Waals surface area (Å²) in [6, 6.07) is 16.5. The second-order valence-corrected chi connectivity index (χ2v) is 8.09. The molecule has 3 aromatic rings. The van der Waals surface area contributed by atoms with Gasteiger partial charge in [-0.3, -0.25) is 4.79 Å². The van der Waals surface area contributed by atoms with Gasteiger partial charge in [0.15, 0.2) is 0 Å². The van der Waals surface area contributed by atoms with E-state index in [4.69, 9.17) is 9.72 Å². The molecule has 0 spiro atoms. The van der Waals surface area contributed by atoms with Gasteiger partial charge in [0.25, 0.3) is 0 Å². The van der Waals surface area contributed by atoms with Crippen LogP contribution in [0.5, 0.6) is 5.75 Å². The summed E-state index contributed by atoms with van der Waals surface area (Å²) >= 11 is 0. The third kappa shape index (κ3) is 4.78. The largest absolute Gasteiger partial charge is 0.494 e. The molecule has 0 radical (unpaired) electrons. The van der Waals surface area contributed by atoms with E-state index in [-0.39, 0.29) is 11.8 Å². The third-order valence-corrected chi connectivity index (χ3v) is 5.44. The van der Waals surface area contributed by atoms with Crippen LogP contribution in [0.4, 0.5) is 0 Å². The van der Waals surface area contributed by atoms with Crippen LogP contribution in [0.2, 0.25) is 0 Å². The molecule has 1 N–H and O–H groups in total. The van der Waals surface area contributed by atoms with Crippen LogP contribution in [-0.4, -0.2) is 22.1 Å². The molecular formula is C24H29N3O2. The van der Waals surface area contributed by atoms with Gasteiger partial charge in [0.05, 0.1) is 24.2 Å². The maximum atomic E-state index is 12.0. The molecule has 5 heteroatoms. The molecule has 2 aromatic carbocycles. The summed E-state index contributed by atoms with van der Waals surface area (Å²) in [5, 5.41) is 3.04. The van der Waals surface area contributed by atoms with E-state index >= 15 is 0 Å². The number of carbonyl (C=O) groups is 1. The molecule has 0 unspecified atom stereocenters. The Bertz CT molecular complexity index is 971. The van der Waals surface area contributed by atoms with E-state index in [0.29, 0.717) is 19.1 Å². The van der Waals surface area contributed by atoms with Gasteiger partial charge in [-0.05, 0) is 55.0 Å². The summed E-state index contributed by atoms with van der Waals surface area (Å²) in [5.74, 6) is 2.70. The van der Waals surface area contributed by atoms with Crippen molar-refractivity contribution in [3.05, 3.63) is 59.9 Å². The van der Waals surface area contributed by atoms with E-state index in [1.165, 1.54) is 5.56 Å². The molecule has 29 heavy (non-hydrogen) atoms. The topological polar surface area (TPSA) is 56.1 Å². The second-order valence-electron chi connectivity index (χ2n) is 8.09. The summed E-state index contributed by atoms with van der Waals surface area (Å²) < 4.78 is 8.13. The lowest BCUT2D eigenvalue weighted by Gasteiger charge is -2.12. The fourth-order valence-electron chi connectivity index (χ4n) is 3.53. The van der Waals surface area contributed by atoms with Gasteiger partial charge in [-0.1, -0.05) is 38.1 Å². The molecule has 1 fully saturated rings. The van der Waals surface area contributed by atoms with Gasteiger partial charge in [0.1, 0.15) is 11.6 Å². The van der Waals surface area contributed by atoms with Crippen LogP contribution in [0.25, 0.3) is 11.0 Å². The van der Waals surface area contributed by atoms with E-state index in [1.807, 2.05) is 30.3 Å². The molecule has 0 aliphatic heterocycles. The lowest BCUT2D eigenvalue weighted by molar-refractivity contribution is -0.122. The fraction of sp³-hybridized carbons (Fsp3) is 0.417. The first-order valence-corrected chi connectivity index (χ1v) is 10.6. The van der Waals surface area contributed by atoms with Gasteiger partial charge in [-0.25, -0.2) is 4.98 Å². The van der Waals surface area contributed by atoms with Crippen LogP contribution in [0.3, 0.4) is 0 Å². The number of aromatic nitrogens is 2. The first-order valence-electron chi connectivity index (χ1n) is 10.6. The Morgan fingerprint density at radius 1 is 1.17 bits per heavy atom. The van der Waals surface area contributed by atoms with Crippen LogP contribution >= 0.6 is 0 Å². The van der Waals surface area contributed by atoms with Crippen molar-refractivity contribution in [2.24, 2.45) is 5.92 Å². The first kappa shape index (κ1) is 19.5. The number of aryl methyl sites for hydroxylation is 1. The Hall–Kier alpha value is -2.82. The number of benzene rings is 2. The Kier molecular flexibility index (Phi) is 5.84. The highest BCUT2D eigenvalue weighted by molar-refractivity contribution is 5.81. The molecular weight excluding hydrogens is 362 g/mol. The van der Waals surface area contributed by atoms with Crippen LogP contribution in [0.15, 0.2) is 48.5 Å². The Morgan fingerprint density at radius 2 is 1.93 bits per heavy atom. The minimum atomic E-state index is 0.150. The number of ether oxygens (including phenoxy) is 1. The maximum absolute atomic E-state index is 12.0. The summed E-state index contributed by atoms with van der Waals surface area (Å²) in [5.41, 5.74) is 3.39. The SMILES string of the molecule is CC(C)c1ccc(OCCCn2c(CNC(=O)C3CC3)nc3ccccc32)cc1. The minimum absolute atomic E-state index is 0.150. The third-order valence-electron chi connectivity index (χ3n) is 5.44. The smallest absolute Gasteiger partial charge is 0.223 e. The van der Waals surface area contributed by atoms with Gasteiger partial charge >= 0.3 is 0 Å². The summed E-state index contributed by atoms with van der Waals surface area (Å²) in [6.07, 6.45) is 2.89. The zero-order valence-corrected chi connectivity index (χ0v) is 17.2. The monoisotopic (exact) mass is 391 g/mol. The molecule has 0 bridgehead atoms. The van der Waals surface area contributed by atoms with Gasteiger partial charge < -0.3 is 14.6 Å². The number of para-hydroxylation sites is 2. The zero-order valence-electron chi connectivity index (χ0n) is 17.2. The summed E-state index contributed by atoms with van der Waals surface area (Å²) in [6.45, 7) is 6.30. The lowest BCUT2D eigenvalue weighted by atomic mass is 10.0. The lowest BCUT2D eigenvalue weighted by Crippen LogP contribution is -2.26. The van der Waals surface area contributed by atoms with E-state index < -0.39 is 0 Å². The van der Waals surface area contributed by atoms with E-state index in [0.717, 1.165) is 48.4 Å². The number of imidazole rings is 1. The Labute approximate surface area is 172 Å². The average molecular weight is 392 g/mol. The minimum Gasteiger partial charge on any atom is -0.494 e. The number of hydrogen-bond donors (Lipinski definition) is 1. The number of fused-ring (bicyclic) bond motifs is 1. The molecule has 1 aliphatic carbocycles. The van der Waals surface area contributed by atoms with Gasteiger partial charge in [-0.2, -0.15) is 0 Å². The molecule has 1 aliphatic rings. The summed E-state index contributed by atoms with van der Waals surface area (Å²) in [4.78, 5) is 16.8. The van der Waals surface area contributed by atoms with Crippen LogP contribution < -0.4 is 10.1 Å². The normalized spacial score (nSPS) is 13.8. The Morgan fingerprint density at radius 3 is 2.66 bits per heavy atom. The molecule has 152 valence electrons. The van der Waals surface area contributed by atoms with Crippen molar-refractivity contribution < 1.29 is 9.53 Å². The number of nitrogens with zero attached hydrogens (tertiary/aromatic N) is 2. The van der Waals surface area contributed by atoms with E-state index in [2.05, 4.69) is 41.9 Å². The number of nitrogens with one attached hydrogen (secondary N) is 1. The van der Waals surface area contributed by atoms with Gasteiger partial charge in [0, 0.05) is 12.5 Å². The molecule has 0 saturated heterocycles. The van der Waals surface area contributed by atoms with Crippen molar-refractivity contribution in [1.29, 1.82) is 0 Å². The molecule has 1 aromatic heterocycles. The number of carbonyl (C=O) groups excluding carboxylic acids is 1. The van der Waals surface area contributed by atoms with Crippen molar-refractivity contribution in [3.8, 4) is 5.75 Å². The van der Waals surface area contributed by atoms with E-state index in [9.17, 15) is 4.79 Å². The molecule has 1 amide bonds. The van der Waals surface area contributed by atoms with E-state index in [1.54, 1.807) is 0 Å². The number of hydrogen-bond acceptors (Lipinski definition) is 3. The van der Waals surface area contributed by atoms with Crippen molar-refractivity contribution in [3.63, 3.8) is 0 Å². The molecule has 0 atom stereocenters. The van der Waals surface area contributed by atoms with Crippen LogP contribution in [0.1, 0.15) is 50.4 Å². The predicted octanol–water partition coefficient (Wildman–Crippen LogP) is 4.66. The van der Waals surface area contributed by atoms with Crippen molar-refractivity contribution in [2.75, 3.05) is 6.61 Å². The number of amides is 1. The molecule has 1 saturated carbocycles. The zero-order chi connectivity index (χ0) is 20.2. The van der Waals surface area contributed by atoms with Crippen molar-refractivity contribution >= 4 is 16.9 Å². The molecule has 1 heterocycles. The highest BCUT2D eigenvalue weighted by Gasteiger charge is 2.29. The average Bonchev–Trinajstić information content (AvgIpc) is 3.52. The highest BCUT2D eigenvalue weighted by Crippen LogP contribution is 2.29. The fourth-order valence-corrected chi connectivity index (χ4v) is 3.53. The highest BCUT2D eigenvalue weighted by atomic mass is 16.5. The maximum Gasteiger partial charge on any atom is 0.223 e.